The van der Waals surface area contributed by atoms with E-state index in [1.807, 2.05) is 0 Å². The van der Waals surface area contributed by atoms with Crippen LogP contribution in [0.4, 0.5) is 5.82 Å². The lowest BCUT2D eigenvalue weighted by Crippen LogP contribution is -2.29. The first kappa shape index (κ1) is 19.0. The van der Waals surface area contributed by atoms with Gasteiger partial charge in [0.15, 0.2) is 19.7 Å². The van der Waals surface area contributed by atoms with Crippen LogP contribution >= 0.6 is 0 Å². The van der Waals surface area contributed by atoms with E-state index in [4.69, 9.17) is 0 Å². The molecule has 10 heteroatoms. The first-order valence-corrected chi connectivity index (χ1v) is 10.7. The number of rotatable bonds is 5. The van der Waals surface area contributed by atoms with Crippen LogP contribution in [0.1, 0.15) is 17.4 Å². The number of hydrogen-bond donors (Lipinski definition) is 0. The van der Waals surface area contributed by atoms with Crippen LogP contribution in [0, 0.1) is 0 Å². The van der Waals surface area contributed by atoms with E-state index in [9.17, 15) is 21.6 Å². The number of anilines is 1. The Morgan fingerprint density at radius 1 is 1.12 bits per heavy atom. The Labute approximate surface area is 146 Å². The molecule has 0 radical (unpaired) electrons. The number of sulfone groups is 2. The number of carbonyl (C=O) groups is 1. The normalized spacial score (nSPS) is 12.0. The standard InChI is InChI=1S/C15H17N3O5S2/c1-4-25(22,23)12-6-5-9-16-14(12)15(19)18(2)13-8-7-11(10-17-13)24(3,20)21/h5-10H,4H2,1-3H3. The maximum absolute atomic E-state index is 12.7. The van der Waals surface area contributed by atoms with Crippen LogP contribution in [0.2, 0.25) is 0 Å². The van der Waals surface area contributed by atoms with Crippen molar-refractivity contribution in [2.45, 2.75) is 16.7 Å². The molecule has 2 aromatic heterocycles. The first-order valence-electron chi connectivity index (χ1n) is 7.20. The lowest BCUT2D eigenvalue weighted by atomic mass is 10.3. The quantitative estimate of drug-likeness (QED) is 0.755. The summed E-state index contributed by atoms with van der Waals surface area (Å²) in [6, 6.07) is 5.46. The average Bonchev–Trinajstić information content (AvgIpc) is 2.59. The van der Waals surface area contributed by atoms with Crippen LogP contribution in [-0.2, 0) is 19.7 Å². The molecule has 0 unspecified atom stereocenters. The third-order valence-corrected chi connectivity index (χ3v) is 6.34. The van der Waals surface area contributed by atoms with Crippen molar-refractivity contribution < 1.29 is 21.6 Å². The molecule has 0 aromatic carbocycles. The lowest BCUT2D eigenvalue weighted by Gasteiger charge is -2.17. The van der Waals surface area contributed by atoms with Crippen LogP contribution in [0.25, 0.3) is 0 Å². The van der Waals surface area contributed by atoms with Crippen LogP contribution in [0.3, 0.4) is 0 Å². The fourth-order valence-electron chi connectivity index (χ4n) is 2.01. The van der Waals surface area contributed by atoms with Crippen molar-refractivity contribution in [1.82, 2.24) is 9.97 Å². The number of aromatic nitrogens is 2. The Morgan fingerprint density at radius 3 is 2.32 bits per heavy atom. The SMILES string of the molecule is CCS(=O)(=O)c1cccnc1C(=O)N(C)c1ccc(S(C)(=O)=O)cn1. The van der Waals surface area contributed by atoms with Gasteiger partial charge in [-0.25, -0.2) is 26.8 Å². The lowest BCUT2D eigenvalue weighted by molar-refractivity contribution is 0.0984. The molecule has 0 saturated heterocycles. The third kappa shape index (κ3) is 4.02. The summed E-state index contributed by atoms with van der Waals surface area (Å²) in [4.78, 5) is 21.5. The molecule has 8 nitrogen and oxygen atoms in total. The second-order valence-corrected chi connectivity index (χ2v) is 9.50. The summed E-state index contributed by atoms with van der Waals surface area (Å²) in [5.41, 5.74) is -0.208. The van der Waals surface area contributed by atoms with Crippen LogP contribution in [-0.4, -0.2) is 51.8 Å². The smallest absolute Gasteiger partial charge is 0.279 e. The Kier molecular flexibility index (Phi) is 5.23. The molecule has 0 N–H and O–H groups in total. The molecule has 0 aliphatic carbocycles. The number of nitrogens with zero attached hydrogens (tertiary/aromatic N) is 3. The monoisotopic (exact) mass is 383 g/mol. The molecular formula is C15H17N3O5S2. The highest BCUT2D eigenvalue weighted by Crippen LogP contribution is 2.19. The van der Waals surface area contributed by atoms with Crippen molar-refractivity contribution in [1.29, 1.82) is 0 Å². The Bertz CT molecular complexity index is 1000. The minimum absolute atomic E-state index is 0.0178. The molecule has 2 aromatic rings. The van der Waals surface area contributed by atoms with Crippen molar-refractivity contribution >= 4 is 31.4 Å². The summed E-state index contributed by atoms with van der Waals surface area (Å²) in [5, 5.41) is 0. The van der Waals surface area contributed by atoms with E-state index in [1.54, 1.807) is 0 Å². The van der Waals surface area contributed by atoms with Gasteiger partial charge in [0.05, 0.1) is 15.5 Å². The zero-order chi connectivity index (χ0) is 18.8. The minimum Gasteiger partial charge on any atom is -0.294 e. The van der Waals surface area contributed by atoms with Crippen LogP contribution < -0.4 is 4.90 Å². The molecule has 2 rings (SSSR count). The second kappa shape index (κ2) is 6.89. The molecule has 1 amide bonds. The molecule has 25 heavy (non-hydrogen) atoms. The van der Waals surface area contributed by atoms with E-state index in [1.165, 1.54) is 44.4 Å². The molecule has 0 saturated carbocycles. The van der Waals surface area contributed by atoms with Gasteiger partial charge in [-0.3, -0.25) is 9.69 Å². The highest BCUT2D eigenvalue weighted by atomic mass is 32.2. The van der Waals surface area contributed by atoms with E-state index >= 15 is 0 Å². The summed E-state index contributed by atoms with van der Waals surface area (Å²) >= 11 is 0. The Hall–Kier alpha value is -2.33. The molecule has 0 aliphatic heterocycles. The molecule has 0 aliphatic rings. The van der Waals surface area contributed by atoms with E-state index in [0.29, 0.717) is 0 Å². The summed E-state index contributed by atoms with van der Waals surface area (Å²) in [7, 11) is -5.63. The summed E-state index contributed by atoms with van der Waals surface area (Å²) in [5.74, 6) is -0.653. The van der Waals surface area contributed by atoms with Gasteiger partial charge in [-0.05, 0) is 24.3 Å². The maximum Gasteiger partial charge on any atom is 0.279 e. The topological polar surface area (TPSA) is 114 Å². The average molecular weight is 383 g/mol. The minimum atomic E-state index is -3.63. The van der Waals surface area contributed by atoms with Gasteiger partial charge in [0.1, 0.15) is 11.5 Å². The Balaban J connectivity index is 2.42. The van der Waals surface area contributed by atoms with Gasteiger partial charge in [-0.2, -0.15) is 0 Å². The summed E-state index contributed by atoms with van der Waals surface area (Å²) in [6.45, 7) is 1.48. The van der Waals surface area contributed by atoms with Gasteiger partial charge in [0.25, 0.3) is 5.91 Å². The molecule has 0 atom stereocenters. The van der Waals surface area contributed by atoms with E-state index in [-0.39, 0.29) is 27.1 Å². The molecule has 0 bridgehead atoms. The van der Waals surface area contributed by atoms with Gasteiger partial charge >= 0.3 is 0 Å². The molecule has 2 heterocycles. The number of pyridine rings is 2. The predicted molar refractivity (Wildman–Crippen MR) is 92.0 cm³/mol. The van der Waals surface area contributed by atoms with Crippen molar-refractivity contribution in [2.24, 2.45) is 0 Å². The molecule has 134 valence electrons. The van der Waals surface area contributed by atoms with E-state index in [0.717, 1.165) is 17.4 Å². The van der Waals surface area contributed by atoms with E-state index < -0.39 is 25.6 Å². The number of amides is 1. The van der Waals surface area contributed by atoms with Crippen molar-refractivity contribution in [2.75, 3.05) is 24.0 Å². The zero-order valence-corrected chi connectivity index (χ0v) is 15.5. The highest BCUT2D eigenvalue weighted by Gasteiger charge is 2.25. The maximum atomic E-state index is 12.7. The first-order chi connectivity index (χ1) is 11.6. The van der Waals surface area contributed by atoms with Gasteiger partial charge < -0.3 is 0 Å². The van der Waals surface area contributed by atoms with Gasteiger partial charge in [0, 0.05) is 25.7 Å². The second-order valence-electron chi connectivity index (χ2n) is 5.24. The van der Waals surface area contributed by atoms with Crippen LogP contribution in [0.5, 0.6) is 0 Å². The van der Waals surface area contributed by atoms with Crippen molar-refractivity contribution in [3.63, 3.8) is 0 Å². The van der Waals surface area contributed by atoms with Crippen molar-refractivity contribution in [3.05, 3.63) is 42.4 Å². The number of hydrogen-bond acceptors (Lipinski definition) is 7. The van der Waals surface area contributed by atoms with Gasteiger partial charge in [0.2, 0.25) is 0 Å². The zero-order valence-electron chi connectivity index (χ0n) is 13.9. The molecule has 0 fully saturated rings. The largest absolute Gasteiger partial charge is 0.294 e. The summed E-state index contributed by atoms with van der Waals surface area (Å²) in [6.07, 6.45) is 3.51. The van der Waals surface area contributed by atoms with Crippen molar-refractivity contribution in [3.8, 4) is 0 Å². The highest BCUT2D eigenvalue weighted by molar-refractivity contribution is 7.91. The molecular weight excluding hydrogens is 366 g/mol. The fraction of sp³-hybridized carbons (Fsp3) is 0.267. The third-order valence-electron chi connectivity index (χ3n) is 3.49. The fourth-order valence-corrected chi connectivity index (χ4v) is 3.60. The van der Waals surface area contributed by atoms with E-state index in [2.05, 4.69) is 9.97 Å². The predicted octanol–water partition coefficient (Wildman–Crippen LogP) is 0.950. The number of carbonyl (C=O) groups excluding carboxylic acids is 1. The van der Waals surface area contributed by atoms with Gasteiger partial charge in [-0.1, -0.05) is 6.92 Å². The van der Waals surface area contributed by atoms with Gasteiger partial charge in [-0.15, -0.1) is 0 Å². The Morgan fingerprint density at radius 2 is 1.80 bits per heavy atom. The summed E-state index contributed by atoms with van der Waals surface area (Å²) < 4.78 is 47.2. The molecule has 0 spiro atoms. The van der Waals surface area contributed by atoms with Crippen LogP contribution in [0.15, 0.2) is 46.5 Å².